The summed E-state index contributed by atoms with van der Waals surface area (Å²) >= 11 is 3.30. The average molecular weight is 385 g/mol. The van der Waals surface area contributed by atoms with E-state index in [0.717, 1.165) is 43.0 Å². The summed E-state index contributed by atoms with van der Waals surface area (Å²) in [6.07, 6.45) is 5.21. The van der Waals surface area contributed by atoms with E-state index < -0.39 is 0 Å². The highest BCUT2D eigenvalue weighted by atomic mass is 79.9. The highest BCUT2D eigenvalue weighted by Crippen LogP contribution is 2.12. The van der Waals surface area contributed by atoms with Crippen molar-refractivity contribution in [2.24, 2.45) is 0 Å². The van der Waals surface area contributed by atoms with Crippen molar-refractivity contribution in [1.29, 1.82) is 0 Å². The fraction of sp³-hybridized carbons (Fsp3) is 0.556. The summed E-state index contributed by atoms with van der Waals surface area (Å²) in [5.74, 6) is -0.543. The summed E-state index contributed by atoms with van der Waals surface area (Å²) in [5, 5.41) is 9.60. The van der Waals surface area contributed by atoms with E-state index in [1.54, 1.807) is 24.3 Å². The zero-order valence-corrected chi connectivity index (χ0v) is 15.2. The van der Waals surface area contributed by atoms with Crippen molar-refractivity contribution in [2.75, 3.05) is 6.61 Å². The van der Waals surface area contributed by atoms with Gasteiger partial charge in [-0.05, 0) is 31.4 Å². The zero-order chi connectivity index (χ0) is 17.1. The second-order valence-electron chi connectivity index (χ2n) is 5.63. The van der Waals surface area contributed by atoms with Crippen molar-refractivity contribution in [1.82, 2.24) is 0 Å². The maximum atomic E-state index is 11.9. The number of carbonyl (C=O) groups excluding carboxylic acids is 2. The number of unbranched alkanes of at least 4 members (excludes halogenated alkanes) is 2. The maximum Gasteiger partial charge on any atom is 0.306 e. The molecule has 0 amide bonds. The molecule has 0 spiro atoms. The van der Waals surface area contributed by atoms with Crippen molar-refractivity contribution in [3.05, 3.63) is 34.3 Å². The van der Waals surface area contributed by atoms with Crippen LogP contribution in [0.5, 0.6) is 0 Å². The molecule has 0 radical (unpaired) electrons. The van der Waals surface area contributed by atoms with E-state index >= 15 is 0 Å². The summed E-state index contributed by atoms with van der Waals surface area (Å²) in [5.41, 5.74) is 0.533. The number of Topliss-reactive ketones (excluding diaryl/α,β-unsaturated/α-hetero) is 1. The van der Waals surface area contributed by atoms with Crippen molar-refractivity contribution in [2.45, 2.75) is 58.0 Å². The van der Waals surface area contributed by atoms with E-state index in [1.165, 1.54) is 0 Å². The number of halogens is 1. The highest BCUT2D eigenvalue weighted by molar-refractivity contribution is 9.10. The summed E-state index contributed by atoms with van der Waals surface area (Å²) in [7, 11) is 0. The number of aliphatic hydroxyl groups excluding tert-OH is 1. The van der Waals surface area contributed by atoms with Crippen LogP contribution in [0.2, 0.25) is 0 Å². The molecular weight excluding hydrogens is 360 g/mol. The first-order chi connectivity index (χ1) is 11.0. The lowest BCUT2D eigenvalue weighted by molar-refractivity contribution is -0.142. The van der Waals surface area contributed by atoms with Crippen LogP contribution in [0.1, 0.15) is 62.2 Å². The van der Waals surface area contributed by atoms with Crippen molar-refractivity contribution in [3.63, 3.8) is 0 Å². The molecule has 0 aliphatic rings. The van der Waals surface area contributed by atoms with Crippen LogP contribution < -0.4 is 0 Å². The Kier molecular flexibility index (Phi) is 9.80. The number of ketones is 1. The standard InChI is InChI=1S/C18H25BrO4/c1-2-6-16(20)7-4-3-5-8-18(22)23-13-17(21)14-9-11-15(19)12-10-14/h9-12,16,20H,2-8,13H2,1H3/t16-/m0/s1. The predicted molar refractivity (Wildman–Crippen MR) is 93.4 cm³/mol. The Labute approximate surface area is 146 Å². The van der Waals surface area contributed by atoms with E-state index in [4.69, 9.17) is 4.74 Å². The predicted octanol–water partition coefficient (Wildman–Crippen LogP) is 4.29. The van der Waals surface area contributed by atoms with Crippen molar-refractivity contribution < 1.29 is 19.4 Å². The van der Waals surface area contributed by atoms with Gasteiger partial charge in [0.2, 0.25) is 0 Å². The van der Waals surface area contributed by atoms with Crippen molar-refractivity contribution in [3.8, 4) is 0 Å². The number of ether oxygens (including phenoxy) is 1. The molecule has 23 heavy (non-hydrogen) atoms. The van der Waals surface area contributed by atoms with Gasteiger partial charge < -0.3 is 9.84 Å². The highest BCUT2D eigenvalue weighted by Gasteiger charge is 2.10. The normalized spacial score (nSPS) is 12.0. The van der Waals surface area contributed by atoms with Crippen LogP contribution >= 0.6 is 15.9 Å². The Hall–Kier alpha value is -1.20. The van der Waals surface area contributed by atoms with E-state index in [9.17, 15) is 14.7 Å². The van der Waals surface area contributed by atoms with Gasteiger partial charge in [0.25, 0.3) is 0 Å². The van der Waals surface area contributed by atoms with Crippen LogP contribution in [0, 0.1) is 0 Å². The monoisotopic (exact) mass is 384 g/mol. The molecule has 128 valence electrons. The maximum absolute atomic E-state index is 11.9. The van der Waals surface area contributed by atoms with E-state index in [0.29, 0.717) is 12.0 Å². The third kappa shape index (κ3) is 8.86. The van der Waals surface area contributed by atoms with Crippen LogP contribution in [-0.2, 0) is 9.53 Å². The lowest BCUT2D eigenvalue weighted by Crippen LogP contribution is -2.14. The van der Waals surface area contributed by atoms with Gasteiger partial charge in [-0.1, -0.05) is 54.2 Å². The Morgan fingerprint density at radius 3 is 2.48 bits per heavy atom. The lowest BCUT2D eigenvalue weighted by Gasteiger charge is -2.08. The molecule has 0 aromatic heterocycles. The minimum Gasteiger partial charge on any atom is -0.457 e. The second-order valence-corrected chi connectivity index (χ2v) is 6.55. The molecule has 1 rings (SSSR count). The summed E-state index contributed by atoms with van der Waals surface area (Å²) < 4.78 is 5.90. The average Bonchev–Trinajstić information content (AvgIpc) is 2.53. The molecule has 1 aromatic carbocycles. The molecule has 0 fully saturated rings. The van der Waals surface area contributed by atoms with Gasteiger partial charge in [-0.25, -0.2) is 0 Å². The third-order valence-corrected chi connectivity index (χ3v) is 4.10. The summed E-state index contributed by atoms with van der Waals surface area (Å²) in [4.78, 5) is 23.5. The van der Waals surface area contributed by atoms with Crippen LogP contribution in [-0.4, -0.2) is 29.6 Å². The molecule has 1 atom stereocenters. The largest absolute Gasteiger partial charge is 0.457 e. The molecule has 4 nitrogen and oxygen atoms in total. The Morgan fingerprint density at radius 2 is 1.83 bits per heavy atom. The molecule has 0 saturated carbocycles. The molecule has 0 heterocycles. The fourth-order valence-electron chi connectivity index (χ4n) is 2.24. The number of hydrogen-bond donors (Lipinski definition) is 1. The zero-order valence-electron chi connectivity index (χ0n) is 13.6. The quantitative estimate of drug-likeness (QED) is 0.351. The van der Waals surface area contributed by atoms with E-state index in [-0.39, 0.29) is 24.5 Å². The smallest absolute Gasteiger partial charge is 0.306 e. The summed E-state index contributed by atoms with van der Waals surface area (Å²) in [6.45, 7) is 1.84. The number of esters is 1. The Bertz CT molecular complexity index is 484. The van der Waals surface area contributed by atoms with Crippen LogP contribution in [0.25, 0.3) is 0 Å². The van der Waals surface area contributed by atoms with Gasteiger partial charge in [-0.15, -0.1) is 0 Å². The Morgan fingerprint density at radius 1 is 1.13 bits per heavy atom. The van der Waals surface area contributed by atoms with Gasteiger partial charge in [0.1, 0.15) is 0 Å². The van der Waals surface area contributed by atoms with Crippen LogP contribution in [0.4, 0.5) is 0 Å². The molecule has 1 aromatic rings. The Balaban J connectivity index is 2.12. The van der Waals surface area contributed by atoms with Gasteiger partial charge in [-0.2, -0.15) is 0 Å². The first-order valence-corrected chi connectivity index (χ1v) is 8.94. The van der Waals surface area contributed by atoms with Gasteiger partial charge in [0.05, 0.1) is 6.10 Å². The molecule has 0 aliphatic heterocycles. The van der Waals surface area contributed by atoms with Gasteiger partial charge in [0, 0.05) is 16.5 Å². The minimum absolute atomic E-state index is 0.200. The van der Waals surface area contributed by atoms with E-state index in [1.807, 2.05) is 0 Å². The minimum atomic E-state index is -0.343. The molecule has 0 bridgehead atoms. The van der Waals surface area contributed by atoms with Crippen molar-refractivity contribution >= 4 is 27.7 Å². The molecule has 0 unspecified atom stereocenters. The third-order valence-electron chi connectivity index (χ3n) is 3.57. The van der Waals surface area contributed by atoms with Gasteiger partial charge in [-0.3, -0.25) is 9.59 Å². The van der Waals surface area contributed by atoms with Gasteiger partial charge in [0.15, 0.2) is 12.4 Å². The number of benzene rings is 1. The number of rotatable bonds is 11. The van der Waals surface area contributed by atoms with E-state index in [2.05, 4.69) is 22.9 Å². The molecule has 1 N–H and O–H groups in total. The van der Waals surface area contributed by atoms with Gasteiger partial charge >= 0.3 is 5.97 Å². The lowest BCUT2D eigenvalue weighted by atomic mass is 10.1. The van der Waals surface area contributed by atoms with Crippen LogP contribution in [0.15, 0.2) is 28.7 Å². The molecular formula is C18H25BrO4. The first kappa shape index (κ1) is 19.8. The number of carbonyl (C=O) groups is 2. The van der Waals surface area contributed by atoms with Crippen LogP contribution in [0.3, 0.4) is 0 Å². The molecule has 0 saturated heterocycles. The first-order valence-electron chi connectivity index (χ1n) is 8.15. The fourth-order valence-corrected chi connectivity index (χ4v) is 2.51. The molecule has 0 aliphatic carbocycles. The number of aliphatic hydroxyl groups is 1. The summed E-state index contributed by atoms with van der Waals surface area (Å²) in [6, 6.07) is 6.95. The SMILES string of the molecule is CCC[C@H](O)CCCCCC(=O)OCC(=O)c1ccc(Br)cc1. The second kappa shape index (κ2) is 11.4. The molecule has 5 heteroatoms. The topological polar surface area (TPSA) is 63.6 Å². The number of hydrogen-bond acceptors (Lipinski definition) is 4.